The summed E-state index contributed by atoms with van der Waals surface area (Å²) in [7, 11) is 0. The van der Waals surface area contributed by atoms with Gasteiger partial charge in [-0.3, -0.25) is 0 Å². The van der Waals surface area contributed by atoms with Gasteiger partial charge in [0.05, 0.1) is 6.21 Å². The average Bonchev–Trinajstić information content (AvgIpc) is 2.41. The predicted molar refractivity (Wildman–Crippen MR) is 78.2 cm³/mol. The fourth-order valence-electron chi connectivity index (χ4n) is 1.22. The Morgan fingerprint density at radius 3 is 2.00 bits per heavy atom. The van der Waals surface area contributed by atoms with E-state index >= 15 is 0 Å². The number of hydrogen-bond donors (Lipinski definition) is 1. The van der Waals surface area contributed by atoms with Gasteiger partial charge < -0.3 is 4.84 Å². The molecular formula is C13H26N2OS. The summed E-state index contributed by atoms with van der Waals surface area (Å²) < 4.78 is 0. The molecule has 0 bridgehead atoms. The molecule has 0 aromatic carbocycles. The molecule has 1 rings (SSSR count). The number of rotatable bonds is 8. The zero-order valence-corrected chi connectivity index (χ0v) is 12.0. The zero-order valence-electron chi connectivity index (χ0n) is 11.2. The highest BCUT2D eigenvalue weighted by atomic mass is 32.2. The highest BCUT2D eigenvalue weighted by molar-refractivity contribution is 7.99. The van der Waals surface area contributed by atoms with Gasteiger partial charge in [0.15, 0.2) is 0 Å². The molecule has 1 heterocycles. The van der Waals surface area contributed by atoms with Crippen molar-refractivity contribution in [3.63, 3.8) is 0 Å². The number of hydrogen-bond acceptors (Lipinski definition) is 4. The number of thioether (sulfide) groups is 1. The van der Waals surface area contributed by atoms with Crippen LogP contribution < -0.4 is 5.59 Å². The van der Waals surface area contributed by atoms with Gasteiger partial charge >= 0.3 is 0 Å². The molecule has 0 amide bonds. The molecule has 3 nitrogen and oxygen atoms in total. The minimum Gasteiger partial charge on any atom is -0.373 e. The van der Waals surface area contributed by atoms with E-state index in [-0.39, 0.29) is 0 Å². The van der Waals surface area contributed by atoms with Gasteiger partial charge in [-0.15, -0.1) is 5.59 Å². The number of nitrogens with zero attached hydrogens (tertiary/aromatic N) is 1. The first-order valence-corrected chi connectivity index (χ1v) is 7.73. The zero-order chi connectivity index (χ0) is 12.6. The van der Waals surface area contributed by atoms with Crippen molar-refractivity contribution in [1.29, 1.82) is 0 Å². The molecule has 0 aromatic heterocycles. The summed E-state index contributed by atoms with van der Waals surface area (Å²) in [5.41, 5.74) is 2.27. The normalized spacial score (nSPS) is 12.4. The van der Waals surface area contributed by atoms with Crippen LogP contribution in [0.1, 0.15) is 52.4 Å². The van der Waals surface area contributed by atoms with Crippen LogP contribution in [0.3, 0.4) is 0 Å². The monoisotopic (exact) mass is 258 g/mol. The fraction of sp³-hybridized carbons (Fsp3) is 0.769. The van der Waals surface area contributed by atoms with Crippen molar-refractivity contribution in [2.24, 2.45) is 5.10 Å². The van der Waals surface area contributed by atoms with Crippen molar-refractivity contribution in [3.8, 4) is 0 Å². The molecule has 0 aliphatic carbocycles. The van der Waals surface area contributed by atoms with E-state index in [2.05, 4.69) is 41.1 Å². The van der Waals surface area contributed by atoms with E-state index in [1.54, 1.807) is 12.3 Å². The maximum Gasteiger partial charge on any atom is 0.122 e. The Morgan fingerprint density at radius 1 is 1.06 bits per heavy atom. The van der Waals surface area contributed by atoms with Crippen molar-refractivity contribution in [3.05, 3.63) is 12.3 Å². The molecule has 1 aliphatic heterocycles. The number of nitrogens with one attached hydrogen (secondary N) is 1. The van der Waals surface area contributed by atoms with E-state index < -0.39 is 0 Å². The molecule has 0 aromatic rings. The Bertz CT molecular complexity index is 176. The van der Waals surface area contributed by atoms with Crippen LogP contribution in [0.5, 0.6) is 0 Å². The number of hydrazone groups is 1. The molecule has 1 N–H and O–H groups in total. The van der Waals surface area contributed by atoms with Gasteiger partial charge in [0.1, 0.15) is 6.26 Å². The van der Waals surface area contributed by atoms with Crippen LogP contribution in [0.2, 0.25) is 0 Å². The lowest BCUT2D eigenvalue weighted by Crippen LogP contribution is -2.03. The minimum atomic E-state index is 1.36. The van der Waals surface area contributed by atoms with Crippen LogP contribution in [-0.2, 0) is 4.84 Å². The molecule has 0 atom stereocenters. The molecule has 100 valence electrons. The largest absolute Gasteiger partial charge is 0.373 e. The molecule has 0 saturated heterocycles. The van der Waals surface area contributed by atoms with Gasteiger partial charge in [-0.1, -0.05) is 39.5 Å². The second kappa shape index (κ2) is 15.4. The van der Waals surface area contributed by atoms with E-state index in [0.717, 1.165) is 0 Å². The Kier molecular flexibility index (Phi) is 14.8. The smallest absolute Gasteiger partial charge is 0.122 e. The first-order chi connectivity index (χ1) is 8.41. The first kappa shape index (κ1) is 16.4. The summed E-state index contributed by atoms with van der Waals surface area (Å²) in [6, 6.07) is 0. The van der Waals surface area contributed by atoms with Gasteiger partial charge in [-0.05, 0) is 30.4 Å². The molecular weight excluding hydrogens is 232 g/mol. The van der Waals surface area contributed by atoms with Crippen LogP contribution in [0.25, 0.3) is 0 Å². The van der Waals surface area contributed by atoms with Gasteiger partial charge in [0.25, 0.3) is 0 Å². The maximum absolute atomic E-state index is 4.44. The van der Waals surface area contributed by atoms with Gasteiger partial charge in [-0.2, -0.15) is 16.9 Å². The van der Waals surface area contributed by atoms with Crippen LogP contribution in [-0.4, -0.2) is 17.7 Å². The third-order valence-electron chi connectivity index (χ3n) is 2.20. The second-order valence-electron chi connectivity index (χ2n) is 3.84. The third kappa shape index (κ3) is 15.4. The van der Waals surface area contributed by atoms with E-state index in [4.69, 9.17) is 0 Å². The standard InChI is InChI=1S/C10H22S.C3H4N2O/c1-3-5-7-9-11-10-8-6-4-2;1-2-4-5-6-3-1/h3-10H2,1-2H3;1-3,5H. The van der Waals surface area contributed by atoms with Crippen molar-refractivity contribution >= 4 is 18.0 Å². The van der Waals surface area contributed by atoms with Crippen LogP contribution in [0.4, 0.5) is 0 Å². The topological polar surface area (TPSA) is 33.6 Å². The highest BCUT2D eigenvalue weighted by Crippen LogP contribution is 2.09. The van der Waals surface area contributed by atoms with E-state index in [1.165, 1.54) is 56.3 Å². The molecule has 17 heavy (non-hydrogen) atoms. The van der Waals surface area contributed by atoms with Crippen molar-refractivity contribution < 1.29 is 4.84 Å². The summed E-state index contributed by atoms with van der Waals surface area (Å²) >= 11 is 2.13. The maximum atomic E-state index is 4.44. The highest BCUT2D eigenvalue weighted by Gasteiger charge is 1.88. The minimum absolute atomic E-state index is 1.36. The SMILES string of the molecule is C1=CONN=C1.CCCCCSCCCCC. The van der Waals surface area contributed by atoms with Gasteiger partial charge in [-0.25, -0.2) is 0 Å². The van der Waals surface area contributed by atoms with E-state index in [9.17, 15) is 0 Å². The number of unbranched alkanes of at least 4 members (excludes halogenated alkanes) is 4. The lowest BCUT2D eigenvalue weighted by molar-refractivity contribution is 0.136. The molecule has 0 radical (unpaired) electrons. The van der Waals surface area contributed by atoms with Gasteiger partial charge in [0.2, 0.25) is 0 Å². The lowest BCUT2D eigenvalue weighted by atomic mass is 10.3. The Labute approximate surface area is 110 Å². The summed E-state index contributed by atoms with van der Waals surface area (Å²) in [4.78, 5) is 4.44. The van der Waals surface area contributed by atoms with Crippen molar-refractivity contribution in [1.82, 2.24) is 5.59 Å². The molecule has 1 aliphatic rings. The molecule has 4 heteroatoms. The second-order valence-corrected chi connectivity index (χ2v) is 5.07. The summed E-state index contributed by atoms with van der Waals surface area (Å²) in [6.07, 6.45) is 13.2. The van der Waals surface area contributed by atoms with Crippen LogP contribution >= 0.6 is 11.8 Å². The third-order valence-corrected chi connectivity index (χ3v) is 3.35. The Hall–Kier alpha value is -0.640. The molecule has 0 saturated carbocycles. The molecule has 0 spiro atoms. The van der Waals surface area contributed by atoms with Crippen molar-refractivity contribution in [2.75, 3.05) is 11.5 Å². The summed E-state index contributed by atoms with van der Waals surface area (Å²) in [6.45, 7) is 4.53. The Morgan fingerprint density at radius 2 is 1.71 bits per heavy atom. The molecule has 0 unspecified atom stereocenters. The van der Waals surface area contributed by atoms with E-state index in [0.29, 0.717) is 0 Å². The average molecular weight is 258 g/mol. The quantitative estimate of drug-likeness (QED) is 0.665. The Balaban J connectivity index is 0.000000354. The number of allylic oxidation sites excluding steroid dienone is 1. The van der Waals surface area contributed by atoms with Crippen LogP contribution in [0.15, 0.2) is 17.4 Å². The fourth-order valence-corrected chi connectivity index (χ4v) is 2.24. The summed E-state index contributed by atoms with van der Waals surface area (Å²) in [5, 5.41) is 3.49. The molecule has 0 fully saturated rings. The summed E-state index contributed by atoms with van der Waals surface area (Å²) in [5.74, 6) is 2.77. The lowest BCUT2D eigenvalue weighted by Gasteiger charge is -1.99. The predicted octanol–water partition coefficient (Wildman–Crippen LogP) is 4.12. The first-order valence-electron chi connectivity index (χ1n) is 6.58. The van der Waals surface area contributed by atoms with Crippen molar-refractivity contribution in [2.45, 2.75) is 52.4 Å². The van der Waals surface area contributed by atoms with Crippen LogP contribution in [0, 0.1) is 0 Å². The van der Waals surface area contributed by atoms with E-state index in [1.807, 2.05) is 0 Å². The van der Waals surface area contributed by atoms with Gasteiger partial charge in [0, 0.05) is 0 Å².